The third kappa shape index (κ3) is 4.71. The average molecular weight is 473 g/mol. The number of hydrogen-bond acceptors (Lipinski definition) is 4. The summed E-state index contributed by atoms with van der Waals surface area (Å²) in [4.78, 5) is 20.2. The van der Waals surface area contributed by atoms with E-state index in [1.807, 2.05) is 60.7 Å². The fourth-order valence-corrected chi connectivity index (χ4v) is 4.52. The van der Waals surface area contributed by atoms with Gasteiger partial charge < -0.3 is 14.6 Å². The Labute approximate surface area is 196 Å². The molecule has 1 fully saturated rings. The molecular weight excluding hydrogens is 445 g/mol. The number of aryl methyl sites for hydroxylation is 1. The van der Waals surface area contributed by atoms with Crippen LogP contribution in [0.4, 0.5) is 13.2 Å². The zero-order valence-electron chi connectivity index (χ0n) is 18.8. The van der Waals surface area contributed by atoms with E-state index < -0.39 is 29.9 Å². The number of benzene rings is 2. The molecule has 0 spiro atoms. The molecule has 4 rings (SSSR count). The number of hydrogen-bond donors (Lipinski definition) is 1. The fraction of sp³-hybridized carbons (Fsp3) is 0.360. The first-order valence-corrected chi connectivity index (χ1v) is 11.1. The molecule has 2 aromatic carbocycles. The highest BCUT2D eigenvalue weighted by Gasteiger charge is 2.59. The highest BCUT2D eigenvalue weighted by atomic mass is 19.4. The van der Waals surface area contributed by atoms with Gasteiger partial charge in [0.2, 0.25) is 11.5 Å². The molecule has 2 heterocycles. The summed E-state index contributed by atoms with van der Waals surface area (Å²) in [6.07, 6.45) is -3.68. The lowest BCUT2D eigenvalue weighted by Gasteiger charge is -2.40. The number of aliphatic hydroxyl groups is 1. The molecule has 1 aromatic heterocycles. The molecule has 1 N–H and O–H groups in total. The number of alkyl halides is 3. The maximum Gasteiger partial charge on any atom is 0.425 e. The van der Waals surface area contributed by atoms with Crippen molar-refractivity contribution >= 4 is 5.91 Å². The smallest absolute Gasteiger partial charge is 0.374 e. The van der Waals surface area contributed by atoms with Crippen molar-refractivity contribution in [3.05, 3.63) is 90.0 Å². The van der Waals surface area contributed by atoms with Crippen LogP contribution in [0.25, 0.3) is 0 Å². The zero-order valence-corrected chi connectivity index (χ0v) is 18.8. The topological polar surface area (TPSA) is 61.6 Å². The third-order valence-electron chi connectivity index (χ3n) is 6.33. The first-order chi connectivity index (χ1) is 16.2. The zero-order chi connectivity index (χ0) is 24.3. The summed E-state index contributed by atoms with van der Waals surface area (Å²) >= 11 is 0. The minimum atomic E-state index is -5.05. The molecule has 180 valence electrons. The van der Waals surface area contributed by atoms with E-state index >= 15 is 0 Å². The largest absolute Gasteiger partial charge is 0.425 e. The second kappa shape index (κ2) is 9.60. The van der Waals surface area contributed by atoms with Gasteiger partial charge in [-0.2, -0.15) is 13.2 Å². The second-order valence-corrected chi connectivity index (χ2v) is 8.54. The number of piperazine rings is 1. The summed E-state index contributed by atoms with van der Waals surface area (Å²) < 4.78 is 42.6. The summed E-state index contributed by atoms with van der Waals surface area (Å²) in [5.41, 5.74) is -1.14. The lowest BCUT2D eigenvalue weighted by molar-refractivity contribution is -0.272. The van der Waals surface area contributed by atoms with Crippen molar-refractivity contribution in [3.63, 3.8) is 0 Å². The molecule has 1 amide bonds. The third-order valence-corrected chi connectivity index (χ3v) is 6.33. The van der Waals surface area contributed by atoms with Crippen molar-refractivity contribution in [3.8, 4) is 0 Å². The van der Waals surface area contributed by atoms with Crippen LogP contribution in [0.15, 0.2) is 73.1 Å². The van der Waals surface area contributed by atoms with Gasteiger partial charge in [-0.25, -0.2) is 4.98 Å². The standard InChI is InChI=1S/C25H27F3N4O2/c1-30-13-12-29-23(30)24(34,25(26,27)28)18-21(33)31-14-16-32(17-15-31)22(19-8-4-2-5-9-19)20-10-6-3-7-11-20/h2-13,22,34H,14-18H2,1H3. The van der Waals surface area contributed by atoms with E-state index in [4.69, 9.17) is 0 Å². The average Bonchev–Trinajstić information content (AvgIpc) is 3.27. The summed E-state index contributed by atoms with van der Waals surface area (Å²) in [5, 5.41) is 10.6. The molecule has 1 unspecified atom stereocenters. The van der Waals surface area contributed by atoms with E-state index in [1.54, 1.807) is 0 Å². The lowest BCUT2D eigenvalue weighted by Crippen LogP contribution is -2.53. The van der Waals surface area contributed by atoms with E-state index in [2.05, 4.69) is 9.88 Å². The highest BCUT2D eigenvalue weighted by molar-refractivity contribution is 5.77. The van der Waals surface area contributed by atoms with Gasteiger partial charge in [-0.15, -0.1) is 0 Å². The van der Waals surface area contributed by atoms with Crippen LogP contribution < -0.4 is 0 Å². The van der Waals surface area contributed by atoms with Crippen molar-refractivity contribution in [2.75, 3.05) is 26.2 Å². The number of imidazole rings is 1. The maximum absolute atomic E-state index is 13.8. The van der Waals surface area contributed by atoms with Crippen molar-refractivity contribution in [2.45, 2.75) is 24.2 Å². The molecule has 0 radical (unpaired) electrons. The first-order valence-electron chi connectivity index (χ1n) is 11.1. The Bertz CT molecular complexity index is 1060. The van der Waals surface area contributed by atoms with Crippen LogP contribution >= 0.6 is 0 Å². The van der Waals surface area contributed by atoms with Crippen LogP contribution in [0, 0.1) is 0 Å². The number of aromatic nitrogens is 2. The SMILES string of the molecule is Cn1ccnc1C(O)(CC(=O)N1CCN(C(c2ccccc2)c2ccccc2)CC1)C(F)(F)F. The molecular formula is C25H27F3N4O2. The van der Waals surface area contributed by atoms with Gasteiger partial charge in [0.1, 0.15) is 0 Å². The van der Waals surface area contributed by atoms with E-state index in [9.17, 15) is 23.1 Å². The number of halogens is 3. The molecule has 1 saturated heterocycles. The number of carbonyl (C=O) groups is 1. The van der Waals surface area contributed by atoms with Gasteiger partial charge in [-0.3, -0.25) is 9.69 Å². The van der Waals surface area contributed by atoms with E-state index in [0.717, 1.165) is 15.7 Å². The lowest BCUT2D eigenvalue weighted by atomic mass is 9.95. The van der Waals surface area contributed by atoms with E-state index in [1.165, 1.54) is 24.3 Å². The van der Waals surface area contributed by atoms with Crippen LogP contribution in [0.1, 0.15) is 29.4 Å². The molecule has 1 aliphatic heterocycles. The van der Waals surface area contributed by atoms with Crippen LogP contribution in [-0.4, -0.2) is 62.7 Å². The van der Waals surface area contributed by atoms with Crippen molar-refractivity contribution in [1.82, 2.24) is 19.4 Å². The van der Waals surface area contributed by atoms with Gasteiger partial charge >= 0.3 is 6.18 Å². The Morgan fingerprint density at radius 1 is 0.971 bits per heavy atom. The van der Waals surface area contributed by atoms with Crippen LogP contribution in [0.5, 0.6) is 0 Å². The summed E-state index contributed by atoms with van der Waals surface area (Å²) in [6, 6.07) is 20.0. The first kappa shape index (κ1) is 24.0. The molecule has 6 nitrogen and oxygen atoms in total. The fourth-order valence-electron chi connectivity index (χ4n) is 4.52. The predicted molar refractivity (Wildman–Crippen MR) is 121 cm³/mol. The minimum Gasteiger partial charge on any atom is -0.374 e. The van der Waals surface area contributed by atoms with Crippen LogP contribution in [0.3, 0.4) is 0 Å². The molecule has 1 atom stereocenters. The van der Waals surface area contributed by atoms with E-state index in [-0.39, 0.29) is 19.1 Å². The Kier molecular flexibility index (Phi) is 6.77. The molecule has 0 aliphatic carbocycles. The number of carbonyl (C=O) groups excluding carboxylic acids is 1. The normalized spacial score (nSPS) is 17.1. The maximum atomic E-state index is 13.8. The predicted octanol–water partition coefficient (Wildman–Crippen LogP) is 3.49. The highest BCUT2D eigenvalue weighted by Crippen LogP contribution is 2.41. The van der Waals surface area contributed by atoms with Gasteiger partial charge in [0, 0.05) is 45.6 Å². The van der Waals surface area contributed by atoms with Crippen LogP contribution in [0.2, 0.25) is 0 Å². The Balaban J connectivity index is 1.49. The molecule has 0 bridgehead atoms. The molecule has 3 aromatic rings. The monoisotopic (exact) mass is 472 g/mol. The molecule has 34 heavy (non-hydrogen) atoms. The minimum absolute atomic E-state index is 0.0284. The van der Waals surface area contributed by atoms with Gasteiger partial charge in [0.25, 0.3) is 0 Å². The Morgan fingerprint density at radius 3 is 1.94 bits per heavy atom. The van der Waals surface area contributed by atoms with Gasteiger partial charge in [0.15, 0.2) is 5.82 Å². The number of amides is 1. The Hall–Kier alpha value is -3.17. The van der Waals surface area contributed by atoms with Gasteiger partial charge in [-0.1, -0.05) is 60.7 Å². The van der Waals surface area contributed by atoms with Crippen LogP contribution in [-0.2, 0) is 17.4 Å². The quantitative estimate of drug-likeness (QED) is 0.597. The van der Waals surface area contributed by atoms with E-state index in [0.29, 0.717) is 13.1 Å². The van der Waals surface area contributed by atoms with Crippen molar-refractivity contribution in [1.29, 1.82) is 0 Å². The molecule has 0 saturated carbocycles. The molecule has 1 aliphatic rings. The van der Waals surface area contributed by atoms with Gasteiger partial charge in [-0.05, 0) is 11.1 Å². The molecule has 9 heteroatoms. The van der Waals surface area contributed by atoms with Crippen molar-refractivity contribution < 1.29 is 23.1 Å². The number of nitrogens with zero attached hydrogens (tertiary/aromatic N) is 4. The summed E-state index contributed by atoms with van der Waals surface area (Å²) in [7, 11) is 1.36. The summed E-state index contributed by atoms with van der Waals surface area (Å²) in [5.74, 6) is -1.35. The summed E-state index contributed by atoms with van der Waals surface area (Å²) in [6.45, 7) is 1.52. The van der Waals surface area contributed by atoms with Gasteiger partial charge in [0.05, 0.1) is 12.5 Å². The van der Waals surface area contributed by atoms with Crippen molar-refractivity contribution in [2.24, 2.45) is 7.05 Å². The second-order valence-electron chi connectivity index (χ2n) is 8.54. The Morgan fingerprint density at radius 2 is 1.50 bits per heavy atom. The number of rotatable bonds is 6.